The first kappa shape index (κ1) is 34.6. The molecular formula is C29H28Cl6N2O7. The number of rotatable bonds is 8. The van der Waals surface area contributed by atoms with Crippen molar-refractivity contribution in [2.45, 2.75) is 48.7 Å². The Hall–Kier alpha value is -2.27. The Morgan fingerprint density at radius 2 is 1.55 bits per heavy atom. The first-order chi connectivity index (χ1) is 20.5. The maximum Gasteiger partial charge on any atom is 0.411 e. The zero-order chi connectivity index (χ0) is 32.6. The van der Waals surface area contributed by atoms with Crippen molar-refractivity contribution in [2.24, 2.45) is 0 Å². The number of carboxylic acids is 1. The molecule has 1 saturated heterocycles. The van der Waals surface area contributed by atoms with E-state index in [1.807, 2.05) is 0 Å². The number of carbonyl (C=O) groups is 3. The van der Waals surface area contributed by atoms with Crippen molar-refractivity contribution in [3.8, 4) is 11.5 Å². The Balaban J connectivity index is 1.54. The molecule has 1 N–H and O–H groups in total. The van der Waals surface area contributed by atoms with Gasteiger partial charge in [-0.05, 0) is 49.6 Å². The fraction of sp³-hybridized carbons (Fsp3) is 0.414. The third-order valence-corrected chi connectivity index (χ3v) is 9.73. The molecule has 0 saturated carbocycles. The van der Waals surface area contributed by atoms with Gasteiger partial charge in [0.05, 0.1) is 32.7 Å². The maximum absolute atomic E-state index is 13.4. The summed E-state index contributed by atoms with van der Waals surface area (Å²) in [5, 5.41) is 11.3. The highest BCUT2D eigenvalue weighted by Gasteiger charge is 2.51. The molecule has 2 aromatic carbocycles. The van der Waals surface area contributed by atoms with Crippen LogP contribution >= 0.6 is 69.6 Å². The highest BCUT2D eigenvalue weighted by molar-refractivity contribution is 6.68. The van der Waals surface area contributed by atoms with Crippen LogP contribution < -0.4 is 9.47 Å². The van der Waals surface area contributed by atoms with Crippen LogP contribution in [0.1, 0.15) is 32.8 Å². The summed E-state index contributed by atoms with van der Waals surface area (Å²) in [5.41, 5.74) is -0.387. The van der Waals surface area contributed by atoms with E-state index < -0.39 is 33.5 Å². The molecule has 2 heterocycles. The molecule has 0 radical (unpaired) electrons. The second-order valence-electron chi connectivity index (χ2n) is 10.7. The lowest BCUT2D eigenvalue weighted by molar-refractivity contribution is -0.137. The first-order valence-corrected chi connectivity index (χ1v) is 15.6. The van der Waals surface area contributed by atoms with Crippen molar-refractivity contribution in [1.29, 1.82) is 0 Å². The number of carbonyl (C=O) groups excluding carboxylic acids is 2. The summed E-state index contributed by atoms with van der Waals surface area (Å²) in [6, 6.07) is 8.31. The fourth-order valence-electron chi connectivity index (χ4n) is 4.99. The summed E-state index contributed by atoms with van der Waals surface area (Å²) in [5.74, 6) is -0.582. The number of hydrogen-bond donors (Lipinski definition) is 1. The average Bonchev–Trinajstić information content (AvgIpc) is 2.92. The molecule has 15 heteroatoms. The molecule has 2 unspecified atom stereocenters. The fourth-order valence-corrected chi connectivity index (χ4v) is 5.70. The third kappa shape index (κ3) is 7.57. The van der Waals surface area contributed by atoms with Crippen LogP contribution in [0.2, 0.25) is 15.1 Å². The van der Waals surface area contributed by atoms with Crippen LogP contribution in [-0.4, -0.2) is 80.7 Å². The molecule has 2 atom stereocenters. The SMILES string of the molecule is CC(=O)N1CC2CC(c3ccc(OCCOc4cc(Cl)c(Cl)cc4Cl)cc3)=C(C(=O)O)C(C1)N2C(=O)OC(C)(C)C(Cl)(Cl)Cl. The van der Waals surface area contributed by atoms with Crippen LogP contribution in [0.3, 0.4) is 0 Å². The van der Waals surface area contributed by atoms with Crippen LogP contribution in [0.4, 0.5) is 4.79 Å². The lowest BCUT2D eigenvalue weighted by Crippen LogP contribution is -2.65. The summed E-state index contributed by atoms with van der Waals surface area (Å²) < 4.78 is 15.0. The summed E-state index contributed by atoms with van der Waals surface area (Å²) in [6.07, 6.45) is -0.700. The molecule has 2 aliphatic heterocycles. The minimum atomic E-state index is -1.94. The zero-order valence-electron chi connectivity index (χ0n) is 23.7. The van der Waals surface area contributed by atoms with E-state index in [2.05, 4.69) is 0 Å². The van der Waals surface area contributed by atoms with E-state index in [1.54, 1.807) is 24.3 Å². The minimum absolute atomic E-state index is 0.0311. The van der Waals surface area contributed by atoms with Crippen LogP contribution in [0.25, 0.3) is 5.57 Å². The molecule has 44 heavy (non-hydrogen) atoms. The van der Waals surface area contributed by atoms with Gasteiger partial charge in [-0.1, -0.05) is 81.7 Å². The number of piperazine rings is 1. The number of benzene rings is 2. The molecule has 1 fully saturated rings. The van der Waals surface area contributed by atoms with E-state index in [4.69, 9.17) is 83.8 Å². The summed E-state index contributed by atoms with van der Waals surface area (Å²) in [7, 11) is 0. The van der Waals surface area contributed by atoms with Crippen LogP contribution in [0.15, 0.2) is 42.0 Å². The largest absolute Gasteiger partial charge is 0.490 e. The topological polar surface area (TPSA) is 106 Å². The standard InChI is InChI=1S/C29H28Cl6N2O7/c1-15(38)36-13-17-10-19(25(26(39)40)23(14-36)37(17)27(41)44-28(2,3)29(33,34)35)16-4-6-18(7-5-16)42-8-9-43-24-12-21(31)20(30)11-22(24)32/h4-7,11-12,17,23H,8-10,13-14H2,1-3H3,(H,39,40). The smallest absolute Gasteiger partial charge is 0.411 e. The molecule has 238 valence electrons. The van der Waals surface area contributed by atoms with Crippen molar-refractivity contribution in [3.05, 3.63) is 62.6 Å². The van der Waals surface area contributed by atoms with E-state index in [0.717, 1.165) is 0 Å². The van der Waals surface area contributed by atoms with Gasteiger partial charge in [-0.3, -0.25) is 9.69 Å². The number of amides is 2. The quantitative estimate of drug-likeness (QED) is 0.170. The predicted molar refractivity (Wildman–Crippen MR) is 171 cm³/mol. The predicted octanol–water partition coefficient (Wildman–Crippen LogP) is 7.53. The molecule has 2 amide bonds. The van der Waals surface area contributed by atoms with E-state index in [9.17, 15) is 19.5 Å². The molecule has 2 bridgehead atoms. The van der Waals surface area contributed by atoms with Gasteiger partial charge in [-0.25, -0.2) is 9.59 Å². The van der Waals surface area contributed by atoms with E-state index in [-0.39, 0.29) is 44.2 Å². The molecule has 0 aromatic heterocycles. The zero-order valence-corrected chi connectivity index (χ0v) is 28.2. The lowest BCUT2D eigenvalue weighted by atomic mass is 9.82. The molecule has 0 aliphatic carbocycles. The van der Waals surface area contributed by atoms with E-state index in [1.165, 1.54) is 42.7 Å². The molecular weight excluding hydrogens is 701 g/mol. The number of aliphatic carboxylic acids is 1. The van der Waals surface area contributed by atoms with Crippen LogP contribution in [0, 0.1) is 0 Å². The molecule has 9 nitrogen and oxygen atoms in total. The second kappa shape index (κ2) is 13.6. The average molecular weight is 729 g/mol. The van der Waals surface area contributed by atoms with Crippen molar-refractivity contribution < 1.29 is 33.7 Å². The van der Waals surface area contributed by atoms with Crippen molar-refractivity contribution in [2.75, 3.05) is 26.3 Å². The summed E-state index contributed by atoms with van der Waals surface area (Å²) >= 11 is 36.2. The van der Waals surface area contributed by atoms with Gasteiger partial charge in [-0.2, -0.15) is 0 Å². The molecule has 2 aromatic rings. The van der Waals surface area contributed by atoms with Gasteiger partial charge in [0.15, 0.2) is 5.60 Å². The molecule has 0 spiro atoms. The van der Waals surface area contributed by atoms with Crippen molar-refractivity contribution in [1.82, 2.24) is 9.80 Å². The first-order valence-electron chi connectivity index (χ1n) is 13.3. The number of ether oxygens (including phenoxy) is 3. The van der Waals surface area contributed by atoms with Gasteiger partial charge in [0, 0.05) is 26.1 Å². The Bertz CT molecular complexity index is 1480. The van der Waals surface area contributed by atoms with Gasteiger partial charge >= 0.3 is 12.1 Å². The van der Waals surface area contributed by atoms with Crippen LogP contribution in [0.5, 0.6) is 11.5 Å². The lowest BCUT2D eigenvalue weighted by Gasteiger charge is -2.50. The highest BCUT2D eigenvalue weighted by Crippen LogP contribution is 2.43. The Labute approximate surface area is 284 Å². The summed E-state index contributed by atoms with van der Waals surface area (Å²) in [6.45, 7) is 4.77. The number of carboxylic acid groups (broad SMARTS) is 1. The van der Waals surface area contributed by atoms with Crippen LogP contribution in [-0.2, 0) is 14.3 Å². The van der Waals surface area contributed by atoms with E-state index in [0.29, 0.717) is 37.7 Å². The van der Waals surface area contributed by atoms with Gasteiger partial charge in [0.1, 0.15) is 24.7 Å². The Morgan fingerprint density at radius 1 is 0.932 bits per heavy atom. The maximum atomic E-state index is 13.4. The Morgan fingerprint density at radius 3 is 2.14 bits per heavy atom. The number of alkyl halides is 3. The third-order valence-electron chi connectivity index (χ3n) is 7.35. The minimum Gasteiger partial charge on any atom is -0.490 e. The van der Waals surface area contributed by atoms with Gasteiger partial charge in [-0.15, -0.1) is 0 Å². The number of fused-ring (bicyclic) bond motifs is 2. The normalized spacial score (nSPS) is 18.7. The summed E-state index contributed by atoms with van der Waals surface area (Å²) in [4.78, 5) is 41.3. The second-order valence-corrected chi connectivity index (χ2v) is 14.2. The van der Waals surface area contributed by atoms with Gasteiger partial charge < -0.3 is 24.2 Å². The van der Waals surface area contributed by atoms with Crippen molar-refractivity contribution in [3.63, 3.8) is 0 Å². The highest BCUT2D eigenvalue weighted by atomic mass is 35.6. The van der Waals surface area contributed by atoms with Crippen molar-refractivity contribution >= 4 is 93.1 Å². The Kier molecular flexibility index (Phi) is 10.7. The molecule has 2 aliphatic rings. The number of halogens is 6. The van der Waals surface area contributed by atoms with E-state index >= 15 is 0 Å². The monoisotopic (exact) mass is 726 g/mol. The van der Waals surface area contributed by atoms with Gasteiger partial charge in [0.2, 0.25) is 9.70 Å². The molecule has 4 rings (SSSR count). The number of nitrogens with zero attached hydrogens (tertiary/aromatic N) is 2. The van der Waals surface area contributed by atoms with Gasteiger partial charge in [0.25, 0.3) is 0 Å². The number of hydrogen-bond acceptors (Lipinski definition) is 6.